The van der Waals surface area contributed by atoms with Gasteiger partial charge in [-0.25, -0.2) is 4.99 Å². The number of halogens is 1. The van der Waals surface area contributed by atoms with Crippen molar-refractivity contribution in [1.82, 2.24) is 4.90 Å². The summed E-state index contributed by atoms with van der Waals surface area (Å²) in [6, 6.07) is 6.87. The van der Waals surface area contributed by atoms with Gasteiger partial charge in [0.25, 0.3) is 0 Å². The van der Waals surface area contributed by atoms with Crippen molar-refractivity contribution in [1.29, 1.82) is 0 Å². The van der Waals surface area contributed by atoms with Crippen molar-refractivity contribution >= 4 is 38.5 Å². The van der Waals surface area contributed by atoms with Gasteiger partial charge in [-0.3, -0.25) is 0 Å². The molecule has 2 rings (SSSR count). The highest BCUT2D eigenvalue weighted by Gasteiger charge is 2.27. The van der Waals surface area contributed by atoms with Crippen molar-refractivity contribution in [3.8, 4) is 0 Å². The number of nitrogens with zero attached hydrogens (tertiary/aromatic N) is 2. The molecule has 0 bridgehead atoms. The van der Waals surface area contributed by atoms with E-state index in [0.717, 1.165) is 27.0 Å². The first-order valence-corrected chi connectivity index (χ1v) is 8.45. The Morgan fingerprint density at radius 1 is 1.47 bits per heavy atom. The third-order valence-corrected chi connectivity index (χ3v) is 5.05. The molecule has 0 unspecified atom stereocenters. The van der Waals surface area contributed by atoms with Gasteiger partial charge in [-0.2, -0.15) is 0 Å². The normalized spacial score (nSPS) is 21.7. The summed E-state index contributed by atoms with van der Waals surface area (Å²) in [5, 5.41) is 1.15. The van der Waals surface area contributed by atoms with Crippen LogP contribution in [0.15, 0.2) is 27.7 Å². The molecule has 0 aromatic heterocycles. The van der Waals surface area contributed by atoms with Crippen LogP contribution in [-0.2, 0) is 0 Å². The molecule has 0 radical (unpaired) electrons. The van der Waals surface area contributed by atoms with Crippen LogP contribution in [0.1, 0.15) is 25.8 Å². The average molecular weight is 341 g/mol. The lowest BCUT2D eigenvalue weighted by molar-refractivity contribution is 0.351. The second-order valence-electron chi connectivity index (χ2n) is 5.53. The number of benzene rings is 1. The fraction of sp³-hybridized carbons (Fsp3) is 0.533. The van der Waals surface area contributed by atoms with Crippen molar-refractivity contribution in [2.75, 3.05) is 12.8 Å². The SMILES string of the molecule is Cc1cc(Br)ccc1N=C1SC[C@H](CC(C)C)N1C. The zero-order valence-corrected chi connectivity index (χ0v) is 14.4. The van der Waals surface area contributed by atoms with Crippen LogP contribution in [0.3, 0.4) is 0 Å². The minimum absolute atomic E-state index is 0.625. The second kappa shape index (κ2) is 6.31. The first-order valence-electron chi connectivity index (χ1n) is 6.68. The van der Waals surface area contributed by atoms with Crippen LogP contribution in [0, 0.1) is 12.8 Å². The van der Waals surface area contributed by atoms with E-state index in [9.17, 15) is 0 Å². The molecule has 0 spiro atoms. The maximum absolute atomic E-state index is 4.82. The summed E-state index contributed by atoms with van der Waals surface area (Å²) in [6.45, 7) is 6.67. The van der Waals surface area contributed by atoms with E-state index >= 15 is 0 Å². The Morgan fingerprint density at radius 2 is 2.21 bits per heavy atom. The summed E-state index contributed by atoms with van der Waals surface area (Å²) in [7, 11) is 2.17. The molecule has 1 atom stereocenters. The minimum Gasteiger partial charge on any atom is -0.350 e. The van der Waals surface area contributed by atoms with Gasteiger partial charge in [0.2, 0.25) is 0 Å². The lowest BCUT2D eigenvalue weighted by atomic mass is 10.0. The number of aliphatic imine (C=N–C) groups is 1. The standard InChI is InChI=1S/C15H21BrN2S/c1-10(2)7-13-9-19-15(18(13)4)17-14-6-5-12(16)8-11(14)3/h5-6,8,10,13H,7,9H2,1-4H3/t13-/m0/s1. The zero-order valence-electron chi connectivity index (χ0n) is 12.0. The number of aryl methyl sites for hydroxylation is 1. The maximum atomic E-state index is 4.82. The van der Waals surface area contributed by atoms with Gasteiger partial charge in [-0.15, -0.1) is 0 Å². The van der Waals surface area contributed by atoms with Crippen molar-refractivity contribution in [2.45, 2.75) is 33.2 Å². The molecule has 1 aliphatic rings. The molecule has 0 aliphatic carbocycles. The molecule has 1 fully saturated rings. The van der Waals surface area contributed by atoms with Gasteiger partial charge in [-0.05, 0) is 43.0 Å². The van der Waals surface area contributed by atoms with Crippen LogP contribution in [-0.4, -0.2) is 28.9 Å². The molecule has 2 nitrogen and oxygen atoms in total. The Hall–Kier alpha value is -0.480. The highest BCUT2D eigenvalue weighted by Crippen LogP contribution is 2.30. The topological polar surface area (TPSA) is 15.6 Å². The number of hydrogen-bond acceptors (Lipinski definition) is 2. The molecule has 0 N–H and O–H groups in total. The lowest BCUT2D eigenvalue weighted by Gasteiger charge is -2.22. The van der Waals surface area contributed by atoms with Crippen molar-refractivity contribution in [2.24, 2.45) is 10.9 Å². The average Bonchev–Trinajstić information content (AvgIpc) is 2.64. The molecule has 0 saturated carbocycles. The molecule has 1 saturated heterocycles. The first-order chi connectivity index (χ1) is 8.97. The lowest BCUT2D eigenvalue weighted by Crippen LogP contribution is -2.30. The molecule has 1 aromatic rings. The van der Waals surface area contributed by atoms with Crippen LogP contribution in [0.5, 0.6) is 0 Å². The summed E-state index contributed by atoms with van der Waals surface area (Å²) in [4.78, 5) is 7.16. The zero-order chi connectivity index (χ0) is 14.0. The van der Waals surface area contributed by atoms with Crippen molar-refractivity contribution in [3.63, 3.8) is 0 Å². The monoisotopic (exact) mass is 340 g/mol. The molecule has 1 aliphatic heterocycles. The Bertz CT molecular complexity index is 485. The maximum Gasteiger partial charge on any atom is 0.164 e. The van der Waals surface area contributed by atoms with Crippen molar-refractivity contribution < 1.29 is 0 Å². The summed E-state index contributed by atoms with van der Waals surface area (Å²) >= 11 is 5.37. The molecular formula is C15H21BrN2S. The van der Waals surface area contributed by atoms with Crippen LogP contribution in [0.25, 0.3) is 0 Å². The van der Waals surface area contributed by atoms with Crippen LogP contribution >= 0.6 is 27.7 Å². The van der Waals surface area contributed by atoms with Crippen LogP contribution in [0.4, 0.5) is 5.69 Å². The highest BCUT2D eigenvalue weighted by atomic mass is 79.9. The van der Waals surface area contributed by atoms with E-state index in [0.29, 0.717) is 6.04 Å². The predicted octanol–water partition coefficient (Wildman–Crippen LogP) is 4.84. The number of rotatable bonds is 3. The van der Waals surface area contributed by atoms with Gasteiger partial charge in [0.15, 0.2) is 5.17 Å². The van der Waals surface area contributed by atoms with Gasteiger partial charge in [0, 0.05) is 23.3 Å². The van der Waals surface area contributed by atoms with E-state index in [1.807, 2.05) is 11.8 Å². The Morgan fingerprint density at radius 3 is 2.84 bits per heavy atom. The third-order valence-electron chi connectivity index (χ3n) is 3.37. The summed E-state index contributed by atoms with van der Waals surface area (Å²) in [6.07, 6.45) is 1.24. The molecule has 19 heavy (non-hydrogen) atoms. The van der Waals surface area contributed by atoms with Gasteiger partial charge in [0.1, 0.15) is 0 Å². The largest absolute Gasteiger partial charge is 0.350 e. The number of hydrogen-bond donors (Lipinski definition) is 0. The smallest absolute Gasteiger partial charge is 0.164 e. The molecule has 4 heteroatoms. The molecule has 1 heterocycles. The quantitative estimate of drug-likeness (QED) is 0.782. The predicted molar refractivity (Wildman–Crippen MR) is 89.4 cm³/mol. The Labute approximate surface area is 128 Å². The highest BCUT2D eigenvalue weighted by molar-refractivity contribution is 9.10. The van der Waals surface area contributed by atoms with Crippen LogP contribution in [0.2, 0.25) is 0 Å². The van der Waals surface area contributed by atoms with Gasteiger partial charge in [0.05, 0.1) is 5.69 Å². The van der Waals surface area contributed by atoms with Gasteiger partial charge in [-0.1, -0.05) is 41.5 Å². The Kier molecular flexibility index (Phi) is 4.96. The summed E-state index contributed by atoms with van der Waals surface area (Å²) in [5.74, 6) is 1.89. The van der Waals surface area contributed by atoms with E-state index in [1.54, 1.807) is 0 Å². The van der Waals surface area contributed by atoms with E-state index in [4.69, 9.17) is 4.99 Å². The summed E-state index contributed by atoms with van der Waals surface area (Å²) < 4.78 is 1.11. The third kappa shape index (κ3) is 3.76. The fourth-order valence-corrected chi connectivity index (χ4v) is 3.96. The molecule has 1 aromatic carbocycles. The van der Waals surface area contributed by atoms with Gasteiger partial charge >= 0.3 is 0 Å². The van der Waals surface area contributed by atoms with Gasteiger partial charge < -0.3 is 4.90 Å². The van der Waals surface area contributed by atoms with Crippen LogP contribution < -0.4 is 0 Å². The summed E-state index contributed by atoms with van der Waals surface area (Å²) in [5.41, 5.74) is 2.28. The number of amidine groups is 1. The van der Waals surface area contributed by atoms with E-state index in [1.165, 1.54) is 12.0 Å². The second-order valence-corrected chi connectivity index (χ2v) is 7.43. The van der Waals surface area contributed by atoms with E-state index in [2.05, 4.69) is 66.8 Å². The van der Waals surface area contributed by atoms with E-state index < -0.39 is 0 Å². The molecule has 104 valence electrons. The molecular weight excluding hydrogens is 320 g/mol. The van der Waals surface area contributed by atoms with E-state index in [-0.39, 0.29) is 0 Å². The molecule has 0 amide bonds. The Balaban J connectivity index is 2.16. The minimum atomic E-state index is 0.625. The number of thioether (sulfide) groups is 1. The first kappa shape index (κ1) is 14.9. The fourth-order valence-electron chi connectivity index (χ4n) is 2.27. The van der Waals surface area contributed by atoms with Crippen molar-refractivity contribution in [3.05, 3.63) is 28.2 Å².